The average molecular weight is 449 g/mol. The summed E-state index contributed by atoms with van der Waals surface area (Å²) in [6.45, 7) is -0.785. The van der Waals surface area contributed by atoms with Gasteiger partial charge < -0.3 is 10.5 Å². The number of amides is 3. The third-order valence-corrected chi connectivity index (χ3v) is 6.52. The third kappa shape index (κ3) is 5.62. The van der Waals surface area contributed by atoms with E-state index in [1.807, 2.05) is 0 Å². The highest BCUT2D eigenvalue weighted by molar-refractivity contribution is 7.89. The molecule has 1 aliphatic rings. The van der Waals surface area contributed by atoms with Crippen LogP contribution in [0.1, 0.15) is 12.8 Å². The molecule has 1 aromatic carbocycles. The highest BCUT2D eigenvalue weighted by Gasteiger charge is 2.34. The Bertz CT molecular complexity index is 944. The maximum Gasteiger partial charge on any atom is 0.318 e. The lowest BCUT2D eigenvalue weighted by Gasteiger charge is -2.30. The normalized spacial score (nSPS) is 15.5. The van der Waals surface area contributed by atoms with Gasteiger partial charge in [-0.2, -0.15) is 4.31 Å². The lowest BCUT2D eigenvalue weighted by molar-refractivity contribution is -0.385. The van der Waals surface area contributed by atoms with Crippen molar-refractivity contribution in [1.29, 1.82) is 0 Å². The molecule has 0 aromatic heterocycles. The van der Waals surface area contributed by atoms with Crippen LogP contribution in [0.25, 0.3) is 0 Å². The zero-order chi connectivity index (χ0) is 21.8. The molecule has 2 rings (SSSR count). The second-order valence-corrected chi connectivity index (χ2v) is 8.38. The fraction of sp³-hybridized carbons (Fsp3) is 0.400. The van der Waals surface area contributed by atoms with Gasteiger partial charge in [0.2, 0.25) is 10.0 Å². The molecule has 1 aromatic rings. The van der Waals surface area contributed by atoms with E-state index in [1.54, 1.807) is 5.32 Å². The van der Waals surface area contributed by atoms with Crippen LogP contribution in [0.5, 0.6) is 0 Å². The first kappa shape index (κ1) is 22.5. The van der Waals surface area contributed by atoms with Crippen LogP contribution in [0, 0.1) is 16.0 Å². The van der Waals surface area contributed by atoms with Crippen molar-refractivity contribution in [2.75, 3.05) is 19.7 Å². The van der Waals surface area contributed by atoms with Crippen molar-refractivity contribution in [2.45, 2.75) is 17.7 Å². The summed E-state index contributed by atoms with van der Waals surface area (Å²) in [5.74, 6) is -2.25. The summed E-state index contributed by atoms with van der Waals surface area (Å²) in [5.41, 5.74) is 4.35. The summed E-state index contributed by atoms with van der Waals surface area (Å²) >= 11 is 5.92. The number of nitro benzene ring substituents is 1. The number of hydrogen-bond acceptors (Lipinski definition) is 8. The Balaban J connectivity index is 2.00. The molecule has 29 heavy (non-hydrogen) atoms. The number of rotatable bonds is 6. The highest BCUT2D eigenvalue weighted by Crippen LogP contribution is 2.31. The SMILES string of the molecule is NC(=O)NC(=O)COC(=O)C1CCN(S(=O)(=O)c2cc([N+](=O)[O-])ccc2Cl)CC1. The van der Waals surface area contributed by atoms with Crippen LogP contribution in [-0.2, 0) is 24.3 Å². The van der Waals surface area contributed by atoms with Crippen LogP contribution in [0.2, 0.25) is 5.02 Å². The number of esters is 1. The molecule has 1 heterocycles. The van der Waals surface area contributed by atoms with E-state index in [4.69, 9.17) is 22.1 Å². The molecule has 3 N–H and O–H groups in total. The number of hydrogen-bond donors (Lipinski definition) is 2. The zero-order valence-electron chi connectivity index (χ0n) is 14.9. The van der Waals surface area contributed by atoms with Crippen LogP contribution in [-0.4, -0.2) is 55.3 Å². The minimum Gasteiger partial charge on any atom is -0.455 e. The Morgan fingerprint density at radius 2 is 1.93 bits per heavy atom. The Morgan fingerprint density at radius 1 is 1.31 bits per heavy atom. The van der Waals surface area contributed by atoms with Gasteiger partial charge in [-0.3, -0.25) is 25.0 Å². The number of benzene rings is 1. The van der Waals surface area contributed by atoms with Gasteiger partial charge in [-0.25, -0.2) is 13.2 Å². The molecule has 0 bridgehead atoms. The third-order valence-electron chi connectivity index (χ3n) is 4.14. The number of halogens is 1. The van der Waals surface area contributed by atoms with Crippen LogP contribution in [0.4, 0.5) is 10.5 Å². The Hall–Kier alpha value is -2.77. The molecule has 158 valence electrons. The first-order valence-corrected chi connectivity index (χ1v) is 10.0. The van der Waals surface area contributed by atoms with Crippen molar-refractivity contribution in [3.8, 4) is 0 Å². The number of carbonyl (C=O) groups is 3. The van der Waals surface area contributed by atoms with Crippen molar-refractivity contribution in [3.63, 3.8) is 0 Å². The maximum atomic E-state index is 12.8. The number of urea groups is 1. The molecule has 1 aliphatic heterocycles. The monoisotopic (exact) mass is 448 g/mol. The Morgan fingerprint density at radius 3 is 2.48 bits per heavy atom. The number of nitrogens with two attached hydrogens (primary N) is 1. The number of imide groups is 1. The first-order valence-electron chi connectivity index (χ1n) is 8.22. The smallest absolute Gasteiger partial charge is 0.318 e. The van der Waals surface area contributed by atoms with E-state index in [2.05, 4.69) is 0 Å². The zero-order valence-corrected chi connectivity index (χ0v) is 16.4. The molecule has 0 spiro atoms. The highest BCUT2D eigenvalue weighted by atomic mass is 35.5. The number of carbonyl (C=O) groups excluding carboxylic acids is 3. The second-order valence-electron chi connectivity index (χ2n) is 6.07. The van der Waals surface area contributed by atoms with Gasteiger partial charge in [-0.1, -0.05) is 11.6 Å². The number of nitrogens with zero attached hydrogens (tertiary/aromatic N) is 2. The lowest BCUT2D eigenvalue weighted by Crippen LogP contribution is -2.42. The number of ether oxygens (including phenoxy) is 1. The van der Waals surface area contributed by atoms with Gasteiger partial charge in [0.25, 0.3) is 11.6 Å². The first-order chi connectivity index (χ1) is 13.5. The summed E-state index contributed by atoms with van der Waals surface area (Å²) in [7, 11) is -4.11. The van der Waals surface area contributed by atoms with Crippen molar-refractivity contribution < 1.29 is 32.5 Å². The fourth-order valence-corrected chi connectivity index (χ4v) is 4.67. The number of primary amides is 1. The van der Waals surface area contributed by atoms with E-state index in [0.29, 0.717) is 0 Å². The Kier molecular flexibility index (Phi) is 7.11. The van der Waals surface area contributed by atoms with Gasteiger partial charge in [0.05, 0.1) is 15.9 Å². The van der Waals surface area contributed by atoms with Crippen molar-refractivity contribution in [2.24, 2.45) is 11.7 Å². The summed E-state index contributed by atoms with van der Waals surface area (Å²) in [6, 6.07) is 2.03. The van der Waals surface area contributed by atoms with E-state index in [9.17, 15) is 32.9 Å². The van der Waals surface area contributed by atoms with E-state index in [-0.39, 0.29) is 31.0 Å². The minimum atomic E-state index is -4.11. The van der Waals surface area contributed by atoms with Gasteiger partial charge in [0.15, 0.2) is 6.61 Å². The molecular formula is C15H17ClN4O8S. The van der Waals surface area contributed by atoms with E-state index < -0.39 is 56.0 Å². The van der Waals surface area contributed by atoms with Gasteiger partial charge in [-0.15, -0.1) is 0 Å². The van der Waals surface area contributed by atoms with Crippen molar-refractivity contribution in [1.82, 2.24) is 9.62 Å². The molecule has 3 amide bonds. The molecule has 0 radical (unpaired) electrons. The van der Waals surface area contributed by atoms with Crippen LogP contribution in [0.15, 0.2) is 23.1 Å². The second kappa shape index (κ2) is 9.15. The number of piperidine rings is 1. The maximum absolute atomic E-state index is 12.8. The number of non-ortho nitro benzene ring substituents is 1. The predicted molar refractivity (Wildman–Crippen MR) is 98.3 cm³/mol. The van der Waals surface area contributed by atoms with E-state index in [0.717, 1.165) is 22.5 Å². The van der Waals surface area contributed by atoms with Crippen LogP contribution >= 0.6 is 11.6 Å². The van der Waals surface area contributed by atoms with Crippen molar-refractivity contribution >= 4 is 45.2 Å². The number of nitro groups is 1. The average Bonchev–Trinajstić information content (AvgIpc) is 2.65. The molecule has 0 aliphatic carbocycles. The Labute approximate surface area is 170 Å². The summed E-state index contributed by atoms with van der Waals surface area (Å²) in [4.78, 5) is 43.6. The van der Waals surface area contributed by atoms with Gasteiger partial charge in [0, 0.05) is 25.2 Å². The molecular weight excluding hydrogens is 432 g/mol. The van der Waals surface area contributed by atoms with Crippen LogP contribution in [0.3, 0.4) is 0 Å². The summed E-state index contributed by atoms with van der Waals surface area (Å²) < 4.78 is 31.4. The molecule has 1 fully saturated rings. The molecule has 0 saturated carbocycles. The summed E-state index contributed by atoms with van der Waals surface area (Å²) in [5, 5.41) is 12.5. The molecule has 12 nitrogen and oxygen atoms in total. The minimum absolute atomic E-state index is 0.0470. The largest absolute Gasteiger partial charge is 0.455 e. The van der Waals surface area contributed by atoms with Crippen LogP contribution < -0.4 is 11.1 Å². The van der Waals surface area contributed by atoms with Gasteiger partial charge in [-0.05, 0) is 18.9 Å². The topological polar surface area (TPSA) is 179 Å². The number of sulfonamides is 1. The van der Waals surface area contributed by atoms with Crippen molar-refractivity contribution in [3.05, 3.63) is 33.3 Å². The molecule has 14 heteroatoms. The quantitative estimate of drug-likeness (QED) is 0.356. The van der Waals surface area contributed by atoms with E-state index in [1.165, 1.54) is 0 Å². The molecule has 1 saturated heterocycles. The number of nitrogens with one attached hydrogen (secondary N) is 1. The fourth-order valence-electron chi connectivity index (χ4n) is 2.70. The predicted octanol–water partition coefficient (Wildman–Crippen LogP) is 0.387. The van der Waals surface area contributed by atoms with E-state index >= 15 is 0 Å². The lowest BCUT2D eigenvalue weighted by atomic mass is 9.98. The summed E-state index contributed by atoms with van der Waals surface area (Å²) in [6.07, 6.45) is 0.226. The molecule has 0 atom stereocenters. The standard InChI is InChI=1S/C15H17ClN4O8S/c16-11-2-1-10(20(24)25)7-12(11)29(26,27)19-5-3-9(4-6-19)14(22)28-8-13(21)18-15(17)23/h1-2,7,9H,3-6,8H2,(H3,17,18,21,23). The molecule has 0 unspecified atom stereocenters. The van der Waals surface area contributed by atoms with Gasteiger partial charge >= 0.3 is 12.0 Å². The van der Waals surface area contributed by atoms with Gasteiger partial charge in [0.1, 0.15) is 4.90 Å².